The maximum absolute atomic E-state index is 2.47. The molecule has 11 rings (SSSR count). The van der Waals surface area contributed by atoms with E-state index in [4.69, 9.17) is 0 Å². The lowest BCUT2D eigenvalue weighted by molar-refractivity contribution is 1.31. The van der Waals surface area contributed by atoms with E-state index in [2.05, 4.69) is 217 Å². The Morgan fingerprint density at radius 2 is 0.737 bits per heavy atom. The van der Waals surface area contributed by atoms with E-state index < -0.39 is 0 Å². The molecule has 0 aliphatic heterocycles. The summed E-state index contributed by atoms with van der Waals surface area (Å²) in [4.78, 5) is 2.47. The predicted molar refractivity (Wildman–Crippen MR) is 249 cm³/mol. The van der Waals surface area contributed by atoms with Gasteiger partial charge in [-0.3, -0.25) is 0 Å². The van der Waals surface area contributed by atoms with E-state index in [1.807, 2.05) is 22.7 Å². The third kappa shape index (κ3) is 6.00. The van der Waals surface area contributed by atoms with E-state index in [1.54, 1.807) is 0 Å². The van der Waals surface area contributed by atoms with Gasteiger partial charge >= 0.3 is 0 Å². The van der Waals surface area contributed by atoms with Crippen LogP contribution in [0.4, 0.5) is 17.1 Å². The van der Waals surface area contributed by atoms with Gasteiger partial charge in [-0.1, -0.05) is 170 Å². The lowest BCUT2D eigenvalue weighted by atomic mass is 9.98. The van der Waals surface area contributed by atoms with Gasteiger partial charge in [0.15, 0.2) is 0 Å². The van der Waals surface area contributed by atoms with Crippen molar-refractivity contribution >= 4 is 80.1 Å². The molecule has 9 aromatic carbocycles. The molecule has 0 radical (unpaired) electrons. The largest absolute Gasteiger partial charge is 0.310 e. The molecular weight excluding hydrogens is 727 g/mol. The Balaban J connectivity index is 1.14. The average Bonchev–Trinajstić information content (AvgIpc) is 3.86. The number of benzene rings is 9. The van der Waals surface area contributed by atoms with Crippen LogP contribution >= 0.6 is 22.7 Å². The van der Waals surface area contributed by atoms with Crippen molar-refractivity contribution in [2.45, 2.75) is 0 Å². The van der Waals surface area contributed by atoms with Crippen molar-refractivity contribution in [3.63, 3.8) is 0 Å². The molecule has 2 aromatic heterocycles. The SMILES string of the molecule is c1ccc(-c2ccc(N(c3ccc4c(c3)sc3cc(-c5ccccc5)ccc34)c3ccc(-c4ccccc4)c4sc5cc(-c6ccccc6)ccc5c34)cc2)cc1. The highest BCUT2D eigenvalue weighted by molar-refractivity contribution is 7.26. The Labute approximate surface area is 340 Å². The Kier molecular flexibility index (Phi) is 8.28. The molecule has 0 unspecified atom stereocenters. The van der Waals surface area contributed by atoms with Gasteiger partial charge in [-0.2, -0.15) is 0 Å². The zero-order valence-corrected chi connectivity index (χ0v) is 32.6. The molecule has 11 aromatic rings. The molecule has 0 saturated carbocycles. The third-order valence-corrected chi connectivity index (χ3v) is 13.4. The van der Waals surface area contributed by atoms with Gasteiger partial charge in [0.05, 0.1) is 5.69 Å². The normalized spacial score (nSPS) is 11.5. The van der Waals surface area contributed by atoms with Crippen LogP contribution in [-0.4, -0.2) is 0 Å². The van der Waals surface area contributed by atoms with Crippen LogP contribution in [0.15, 0.2) is 212 Å². The van der Waals surface area contributed by atoms with Crippen molar-refractivity contribution in [3.05, 3.63) is 212 Å². The fourth-order valence-corrected chi connectivity index (χ4v) is 10.8. The number of anilines is 3. The number of hydrogen-bond acceptors (Lipinski definition) is 3. The Hall–Kier alpha value is -6.78. The molecule has 268 valence electrons. The summed E-state index contributed by atoms with van der Waals surface area (Å²) in [5, 5.41) is 5.13. The number of thiophene rings is 2. The van der Waals surface area contributed by atoms with Crippen molar-refractivity contribution in [2.75, 3.05) is 4.90 Å². The summed E-state index contributed by atoms with van der Waals surface area (Å²) in [7, 11) is 0. The molecular formula is C54H35NS2. The maximum Gasteiger partial charge on any atom is 0.0555 e. The molecule has 0 saturated heterocycles. The van der Waals surface area contributed by atoms with Crippen molar-refractivity contribution in [3.8, 4) is 44.5 Å². The smallest absolute Gasteiger partial charge is 0.0555 e. The van der Waals surface area contributed by atoms with Crippen LogP contribution in [0, 0.1) is 0 Å². The Bertz CT molecular complexity index is 3200. The predicted octanol–water partition coefficient (Wildman–Crippen LogP) is 16.6. The van der Waals surface area contributed by atoms with Crippen molar-refractivity contribution < 1.29 is 0 Å². The highest BCUT2D eigenvalue weighted by Crippen LogP contribution is 2.50. The van der Waals surface area contributed by atoms with Crippen LogP contribution < -0.4 is 4.90 Å². The fraction of sp³-hybridized carbons (Fsp3) is 0. The van der Waals surface area contributed by atoms with E-state index in [-0.39, 0.29) is 0 Å². The zero-order valence-electron chi connectivity index (χ0n) is 31.0. The van der Waals surface area contributed by atoms with Crippen LogP contribution in [-0.2, 0) is 0 Å². The monoisotopic (exact) mass is 761 g/mol. The minimum atomic E-state index is 1.12. The molecule has 3 heteroatoms. The number of nitrogens with zero attached hydrogens (tertiary/aromatic N) is 1. The molecule has 2 heterocycles. The average molecular weight is 762 g/mol. The van der Waals surface area contributed by atoms with E-state index in [9.17, 15) is 0 Å². The summed E-state index contributed by atoms with van der Waals surface area (Å²) in [6.45, 7) is 0. The van der Waals surface area contributed by atoms with Crippen LogP contribution in [0.5, 0.6) is 0 Å². The molecule has 0 bridgehead atoms. The number of fused-ring (bicyclic) bond motifs is 6. The van der Waals surface area contributed by atoms with Gasteiger partial charge < -0.3 is 4.90 Å². The second-order valence-corrected chi connectivity index (χ2v) is 16.6. The van der Waals surface area contributed by atoms with Crippen molar-refractivity contribution in [1.82, 2.24) is 0 Å². The topological polar surface area (TPSA) is 3.24 Å². The van der Waals surface area contributed by atoms with Gasteiger partial charge in [0.25, 0.3) is 0 Å². The highest BCUT2D eigenvalue weighted by atomic mass is 32.1. The second kappa shape index (κ2) is 14.1. The summed E-state index contributed by atoms with van der Waals surface area (Å²) in [6, 6.07) is 77.5. The van der Waals surface area contributed by atoms with Crippen LogP contribution in [0.3, 0.4) is 0 Å². The molecule has 1 nitrogen and oxygen atoms in total. The van der Waals surface area contributed by atoms with E-state index in [0.29, 0.717) is 0 Å². The lowest BCUT2D eigenvalue weighted by Gasteiger charge is -2.27. The van der Waals surface area contributed by atoms with E-state index >= 15 is 0 Å². The van der Waals surface area contributed by atoms with Crippen LogP contribution in [0.2, 0.25) is 0 Å². The minimum Gasteiger partial charge on any atom is -0.310 e. The molecule has 0 amide bonds. The van der Waals surface area contributed by atoms with Crippen LogP contribution in [0.1, 0.15) is 0 Å². The maximum atomic E-state index is 2.47. The van der Waals surface area contributed by atoms with Crippen LogP contribution in [0.25, 0.3) is 84.9 Å². The molecule has 57 heavy (non-hydrogen) atoms. The first-order chi connectivity index (χ1) is 28.2. The quantitative estimate of drug-likeness (QED) is 0.156. The first kappa shape index (κ1) is 33.5. The van der Waals surface area contributed by atoms with Crippen molar-refractivity contribution in [1.29, 1.82) is 0 Å². The van der Waals surface area contributed by atoms with Gasteiger partial charge in [-0.25, -0.2) is 0 Å². The molecule has 0 N–H and O–H groups in total. The minimum absolute atomic E-state index is 1.12. The molecule has 0 spiro atoms. The fourth-order valence-electron chi connectivity index (χ4n) is 8.28. The first-order valence-corrected chi connectivity index (χ1v) is 21.0. The van der Waals surface area contributed by atoms with Gasteiger partial charge in [0, 0.05) is 51.7 Å². The number of rotatable bonds is 7. The second-order valence-electron chi connectivity index (χ2n) is 14.5. The standard InChI is InChI=1S/C54H35NS2/c1-5-13-36(14-6-1)39-21-25-43(26-22-39)55(44-27-30-47-46-28-23-41(37-15-7-2-8-16-37)33-50(46)56-52(47)35-44)49-32-31-45(40-19-11-4-12-20-40)54-53(49)48-29-24-42(34-51(48)57-54)38-17-9-3-10-18-38/h1-35H. The first-order valence-electron chi connectivity index (χ1n) is 19.3. The lowest BCUT2D eigenvalue weighted by Crippen LogP contribution is -2.10. The van der Waals surface area contributed by atoms with E-state index in [0.717, 1.165) is 11.4 Å². The summed E-state index contributed by atoms with van der Waals surface area (Å²) in [5.41, 5.74) is 13.3. The molecule has 0 aliphatic carbocycles. The van der Waals surface area contributed by atoms with Gasteiger partial charge in [0.1, 0.15) is 0 Å². The van der Waals surface area contributed by atoms with Crippen molar-refractivity contribution in [2.24, 2.45) is 0 Å². The Morgan fingerprint density at radius 3 is 1.33 bits per heavy atom. The summed E-state index contributed by atoms with van der Waals surface area (Å²) >= 11 is 3.77. The zero-order chi connectivity index (χ0) is 37.7. The van der Waals surface area contributed by atoms with E-state index in [1.165, 1.54) is 90.5 Å². The number of hydrogen-bond donors (Lipinski definition) is 0. The highest BCUT2D eigenvalue weighted by Gasteiger charge is 2.22. The Morgan fingerprint density at radius 1 is 0.298 bits per heavy atom. The molecule has 0 aliphatic rings. The van der Waals surface area contributed by atoms with Gasteiger partial charge in [-0.15, -0.1) is 22.7 Å². The summed E-state index contributed by atoms with van der Waals surface area (Å²) in [5.74, 6) is 0. The third-order valence-electron chi connectivity index (χ3n) is 11.1. The summed E-state index contributed by atoms with van der Waals surface area (Å²) < 4.78 is 5.15. The van der Waals surface area contributed by atoms with Gasteiger partial charge in [0.2, 0.25) is 0 Å². The molecule has 0 atom stereocenters. The van der Waals surface area contributed by atoms with Gasteiger partial charge in [-0.05, 0) is 87.0 Å². The summed E-state index contributed by atoms with van der Waals surface area (Å²) in [6.07, 6.45) is 0. The molecule has 0 fully saturated rings.